The number of aliphatic hydroxyl groups excluding tert-OH is 2. The van der Waals surface area contributed by atoms with Gasteiger partial charge in [0.2, 0.25) is 0 Å². The smallest absolute Gasteiger partial charge is 0.309 e. The third-order valence-corrected chi connectivity index (χ3v) is 10.2. The van der Waals surface area contributed by atoms with Gasteiger partial charge >= 0.3 is 5.97 Å². The van der Waals surface area contributed by atoms with Crippen molar-refractivity contribution in [3.8, 4) is 0 Å². The van der Waals surface area contributed by atoms with Gasteiger partial charge in [-0.25, -0.2) is 4.98 Å². The fourth-order valence-electron chi connectivity index (χ4n) is 4.05. The maximum absolute atomic E-state index is 13.3. The van der Waals surface area contributed by atoms with Crippen molar-refractivity contribution in [1.82, 2.24) is 4.98 Å². The average molecular weight is 512 g/mol. The first-order valence-corrected chi connectivity index (χ1v) is 14.2. The van der Waals surface area contributed by atoms with Crippen LogP contribution in [-0.2, 0) is 20.7 Å². The standard InChI is InChI=1S/C26H41NO5S2/c1-16-9-8-10-17(2)25(30)19(4)34(31)26(6,7)23(28)14-24(29)32-22(12-11-16)18(3)13-21-15-33-20(5)27-21/h8,10-11,13,15,17,19,22-23,25,28,30H,9,12,14,34H2,1-7H3/b10-8-,16-11-,18-13+/t17-,19+,22-,23+,25-/m0/s1. The second-order valence-corrected chi connectivity index (χ2v) is 14.0. The fourth-order valence-corrected chi connectivity index (χ4v) is 6.84. The Morgan fingerprint density at radius 1 is 1.32 bits per heavy atom. The summed E-state index contributed by atoms with van der Waals surface area (Å²) in [4.78, 5) is 17.3. The molecule has 0 unspecified atom stereocenters. The maximum atomic E-state index is 13.3. The molecule has 0 saturated heterocycles. The van der Waals surface area contributed by atoms with E-state index in [2.05, 4.69) is 11.1 Å². The molecule has 0 aliphatic carbocycles. The van der Waals surface area contributed by atoms with Gasteiger partial charge in [0.25, 0.3) is 0 Å². The number of thiazole rings is 1. The first-order valence-electron chi connectivity index (χ1n) is 11.9. The number of aromatic nitrogens is 1. The molecule has 0 radical (unpaired) electrons. The monoisotopic (exact) mass is 511 g/mol. The number of aliphatic hydroxyl groups is 2. The van der Waals surface area contributed by atoms with E-state index in [-0.39, 0.29) is 12.3 Å². The van der Waals surface area contributed by atoms with Crippen LogP contribution in [0, 0.1) is 12.8 Å². The minimum atomic E-state index is -2.46. The Kier molecular flexibility index (Phi) is 10.6. The summed E-state index contributed by atoms with van der Waals surface area (Å²) < 4.78 is 18.1. The zero-order valence-electron chi connectivity index (χ0n) is 21.4. The molecular weight excluding hydrogens is 470 g/mol. The molecule has 0 bridgehead atoms. The summed E-state index contributed by atoms with van der Waals surface area (Å²) in [6, 6.07) is 0. The summed E-state index contributed by atoms with van der Waals surface area (Å²) in [7, 11) is 0. The first kappa shape index (κ1) is 28.8. The zero-order valence-corrected chi connectivity index (χ0v) is 23.2. The van der Waals surface area contributed by atoms with E-state index in [1.807, 2.05) is 51.3 Å². The van der Waals surface area contributed by atoms with Crippen LogP contribution in [0.1, 0.15) is 71.5 Å². The van der Waals surface area contributed by atoms with Crippen molar-refractivity contribution in [3.05, 3.63) is 45.5 Å². The van der Waals surface area contributed by atoms with Crippen LogP contribution in [0.5, 0.6) is 0 Å². The maximum Gasteiger partial charge on any atom is 0.309 e. The van der Waals surface area contributed by atoms with Crippen molar-refractivity contribution in [2.75, 3.05) is 0 Å². The lowest BCUT2D eigenvalue weighted by Gasteiger charge is -2.47. The van der Waals surface area contributed by atoms with Crippen LogP contribution in [0.25, 0.3) is 6.08 Å². The molecular formula is C26H41NO5S2. The summed E-state index contributed by atoms with van der Waals surface area (Å²) >= 11 is -0.901. The highest BCUT2D eigenvalue weighted by atomic mass is 32.2. The van der Waals surface area contributed by atoms with E-state index >= 15 is 0 Å². The molecule has 0 saturated carbocycles. The number of hydrogen-bond acceptors (Lipinski definition) is 7. The van der Waals surface area contributed by atoms with Crippen LogP contribution in [0.15, 0.2) is 34.8 Å². The minimum Gasteiger partial charge on any atom is -0.688 e. The van der Waals surface area contributed by atoms with E-state index in [1.54, 1.807) is 32.1 Å². The number of aryl methyl sites for hydroxylation is 1. The van der Waals surface area contributed by atoms with Crippen LogP contribution in [0.4, 0.5) is 0 Å². The van der Waals surface area contributed by atoms with Crippen LogP contribution in [0.2, 0.25) is 0 Å². The van der Waals surface area contributed by atoms with Crippen LogP contribution < -0.4 is 0 Å². The quantitative estimate of drug-likeness (QED) is 0.351. The van der Waals surface area contributed by atoms with Gasteiger partial charge in [0.15, 0.2) is 0 Å². The fraction of sp³-hybridized carbons (Fsp3) is 0.615. The largest absolute Gasteiger partial charge is 0.688 e. The molecule has 8 heteroatoms. The van der Waals surface area contributed by atoms with Crippen LogP contribution in [-0.4, -0.2) is 54.0 Å². The van der Waals surface area contributed by atoms with Crippen molar-refractivity contribution in [2.24, 2.45) is 5.92 Å². The van der Waals surface area contributed by atoms with Gasteiger partial charge in [-0.3, -0.25) is 4.79 Å². The van der Waals surface area contributed by atoms with Gasteiger partial charge in [-0.2, -0.15) is 0 Å². The Labute approximate surface area is 211 Å². The summed E-state index contributed by atoms with van der Waals surface area (Å²) in [6.07, 6.45) is 6.45. The van der Waals surface area contributed by atoms with Crippen LogP contribution in [0.3, 0.4) is 0 Å². The molecule has 1 aliphatic heterocycles. The van der Waals surface area contributed by atoms with E-state index in [0.29, 0.717) is 12.8 Å². The van der Waals surface area contributed by atoms with Gasteiger partial charge in [-0.15, -0.1) is 11.3 Å². The van der Waals surface area contributed by atoms with Crippen molar-refractivity contribution in [2.45, 2.75) is 96.0 Å². The van der Waals surface area contributed by atoms with E-state index in [0.717, 1.165) is 21.8 Å². The van der Waals surface area contributed by atoms with Crippen molar-refractivity contribution < 1.29 is 24.3 Å². The molecule has 2 rings (SSSR count). The number of esters is 1. The summed E-state index contributed by atoms with van der Waals surface area (Å²) in [5, 5.41) is 24.0. The van der Waals surface area contributed by atoms with E-state index < -0.39 is 45.5 Å². The third kappa shape index (κ3) is 7.78. The summed E-state index contributed by atoms with van der Waals surface area (Å²) in [5.74, 6) is -0.718. The molecule has 2 N–H and O–H groups in total. The number of cyclic esters (lactones) is 1. The number of nitrogens with zero attached hydrogens (tertiary/aromatic N) is 1. The van der Waals surface area contributed by atoms with E-state index in [9.17, 15) is 19.6 Å². The predicted octanol–water partition coefficient (Wildman–Crippen LogP) is 4.19. The molecule has 0 spiro atoms. The molecule has 192 valence electrons. The molecule has 0 fully saturated rings. The second kappa shape index (κ2) is 12.5. The highest BCUT2D eigenvalue weighted by Gasteiger charge is 2.39. The molecule has 1 aromatic heterocycles. The Hall–Kier alpha value is -1.45. The first-order chi connectivity index (χ1) is 15.8. The Bertz CT molecular complexity index is 920. The molecule has 5 atom stereocenters. The highest BCUT2D eigenvalue weighted by Crippen LogP contribution is 2.31. The van der Waals surface area contributed by atoms with Crippen molar-refractivity contribution >= 4 is 34.6 Å². The molecule has 1 aromatic rings. The van der Waals surface area contributed by atoms with Crippen molar-refractivity contribution in [3.63, 3.8) is 0 Å². The topological polar surface area (TPSA) is 103 Å². The molecule has 1 aliphatic rings. The van der Waals surface area contributed by atoms with Gasteiger partial charge in [0.1, 0.15) is 12.2 Å². The number of hydrogen-bond donors (Lipinski definition) is 2. The zero-order chi connectivity index (χ0) is 25.6. The lowest BCUT2D eigenvalue weighted by molar-refractivity contribution is -0.149. The SMILES string of the molecule is C/C1=C/C[C@@H](/C(C)=C/c2csc(C)n2)OC(=O)C[C@@H](O)C(C)(C)[SH2+]([O-])[C@H](C)[C@@H](O)[C@@H](C)/C=C\C1. The summed E-state index contributed by atoms with van der Waals surface area (Å²) in [6.45, 7) is 12.9. The number of carbonyl (C=O) groups is 1. The molecule has 2 heterocycles. The van der Waals surface area contributed by atoms with Crippen molar-refractivity contribution in [1.29, 1.82) is 0 Å². The van der Waals surface area contributed by atoms with Crippen LogP contribution >= 0.6 is 11.3 Å². The van der Waals surface area contributed by atoms with Gasteiger partial charge in [-0.05, 0) is 59.6 Å². The second-order valence-electron chi connectivity index (χ2n) is 10.0. The average Bonchev–Trinajstić information content (AvgIpc) is 3.18. The third-order valence-electron chi connectivity index (χ3n) is 6.65. The lowest BCUT2D eigenvalue weighted by Crippen LogP contribution is -2.52. The van der Waals surface area contributed by atoms with Gasteiger partial charge in [-0.1, -0.05) is 30.7 Å². The predicted molar refractivity (Wildman–Crippen MR) is 143 cm³/mol. The van der Waals surface area contributed by atoms with Gasteiger partial charge in [0, 0.05) is 17.7 Å². The van der Waals surface area contributed by atoms with Gasteiger partial charge in [0.05, 0.1) is 33.2 Å². The molecule has 6 nitrogen and oxygen atoms in total. The number of carbonyl (C=O) groups excluding carboxylic acids is 1. The lowest BCUT2D eigenvalue weighted by atomic mass is 10.00. The van der Waals surface area contributed by atoms with Gasteiger partial charge < -0.3 is 30.7 Å². The summed E-state index contributed by atoms with van der Waals surface area (Å²) in [5.41, 5.74) is 2.81. The molecule has 0 aromatic carbocycles. The molecule has 34 heavy (non-hydrogen) atoms. The number of ether oxygens (including phenoxy) is 1. The number of rotatable bonds is 2. The van der Waals surface area contributed by atoms with E-state index in [1.165, 1.54) is 0 Å². The molecule has 0 amide bonds. The highest BCUT2D eigenvalue weighted by molar-refractivity contribution is 7.93. The minimum absolute atomic E-state index is 0.179. The van der Waals surface area contributed by atoms with E-state index in [4.69, 9.17) is 4.74 Å². The Balaban J connectivity index is 2.36. The number of allylic oxidation sites excluding steroid dienone is 2. The normalized spacial score (nSPS) is 33.6. The Morgan fingerprint density at radius 2 is 2.00 bits per heavy atom. The Morgan fingerprint density at radius 3 is 2.62 bits per heavy atom.